The Labute approximate surface area is 107 Å². The second-order valence-electron chi connectivity index (χ2n) is 4.43. The molecule has 18 heavy (non-hydrogen) atoms. The van der Waals surface area contributed by atoms with Crippen LogP contribution >= 0.6 is 0 Å². The molecule has 1 aliphatic carbocycles. The van der Waals surface area contributed by atoms with E-state index in [2.05, 4.69) is 16.6 Å². The minimum absolute atomic E-state index is 0.0730. The maximum atomic E-state index is 12.0. The third kappa shape index (κ3) is 3.10. The Bertz CT molecular complexity index is 581. The number of nitrogens with one attached hydrogen (secondary N) is 1. The summed E-state index contributed by atoms with van der Waals surface area (Å²) in [7, 11) is -3.41. The van der Waals surface area contributed by atoms with E-state index in [1.165, 1.54) is 12.1 Å². The molecule has 0 aliphatic heterocycles. The van der Waals surface area contributed by atoms with E-state index in [1.54, 1.807) is 12.1 Å². The Morgan fingerprint density at radius 1 is 1.39 bits per heavy atom. The molecule has 1 aromatic rings. The van der Waals surface area contributed by atoms with Crippen molar-refractivity contribution in [2.75, 3.05) is 6.61 Å². The van der Waals surface area contributed by atoms with E-state index in [1.807, 2.05) is 6.92 Å². The molecular formula is C13H15NO3S. The van der Waals surface area contributed by atoms with Gasteiger partial charge in [0.05, 0.1) is 4.90 Å². The quantitative estimate of drug-likeness (QED) is 0.791. The van der Waals surface area contributed by atoms with Crippen molar-refractivity contribution in [2.45, 2.75) is 24.3 Å². The van der Waals surface area contributed by atoms with Gasteiger partial charge in [0.15, 0.2) is 0 Å². The normalized spacial score (nSPS) is 22.1. The van der Waals surface area contributed by atoms with Crippen LogP contribution in [0.3, 0.4) is 0 Å². The zero-order valence-electron chi connectivity index (χ0n) is 10.1. The fourth-order valence-electron chi connectivity index (χ4n) is 1.61. The second-order valence-corrected chi connectivity index (χ2v) is 6.14. The Morgan fingerprint density at radius 2 is 2.00 bits per heavy atom. The lowest BCUT2D eigenvalue weighted by molar-refractivity contribution is 0.350. The van der Waals surface area contributed by atoms with Crippen LogP contribution in [0.25, 0.3) is 0 Å². The van der Waals surface area contributed by atoms with Crippen molar-refractivity contribution in [1.82, 2.24) is 4.72 Å². The molecule has 0 heterocycles. The molecule has 1 fully saturated rings. The minimum atomic E-state index is -3.41. The van der Waals surface area contributed by atoms with Gasteiger partial charge < -0.3 is 5.11 Å². The average Bonchev–Trinajstić information content (AvgIpc) is 3.02. The number of benzene rings is 1. The lowest BCUT2D eigenvalue weighted by Crippen LogP contribution is -2.26. The summed E-state index contributed by atoms with van der Waals surface area (Å²) < 4.78 is 26.6. The van der Waals surface area contributed by atoms with Crippen LogP contribution in [-0.4, -0.2) is 26.2 Å². The van der Waals surface area contributed by atoms with Gasteiger partial charge in [-0.15, -0.1) is 0 Å². The van der Waals surface area contributed by atoms with E-state index in [9.17, 15) is 8.42 Å². The smallest absolute Gasteiger partial charge is 0.240 e. The van der Waals surface area contributed by atoms with E-state index in [0.29, 0.717) is 11.5 Å². The van der Waals surface area contributed by atoms with E-state index in [0.717, 1.165) is 6.42 Å². The maximum absolute atomic E-state index is 12.0. The molecule has 0 aromatic heterocycles. The summed E-state index contributed by atoms with van der Waals surface area (Å²) in [5.74, 6) is 5.65. The molecule has 1 aliphatic rings. The van der Waals surface area contributed by atoms with Gasteiger partial charge in [0.25, 0.3) is 0 Å². The molecule has 96 valence electrons. The lowest BCUT2D eigenvalue weighted by atomic mass is 10.2. The molecule has 0 radical (unpaired) electrons. The van der Waals surface area contributed by atoms with Gasteiger partial charge in [-0.05, 0) is 36.6 Å². The third-order valence-electron chi connectivity index (χ3n) is 2.89. The highest BCUT2D eigenvalue weighted by atomic mass is 32.2. The van der Waals surface area contributed by atoms with Crippen LogP contribution in [0.15, 0.2) is 29.2 Å². The van der Waals surface area contributed by atoms with E-state index in [-0.39, 0.29) is 17.5 Å². The number of aliphatic hydroxyl groups is 1. The molecule has 4 nitrogen and oxygen atoms in total. The van der Waals surface area contributed by atoms with Gasteiger partial charge >= 0.3 is 0 Å². The fraction of sp³-hybridized carbons (Fsp3) is 0.385. The van der Waals surface area contributed by atoms with E-state index >= 15 is 0 Å². The predicted molar refractivity (Wildman–Crippen MR) is 68.3 cm³/mol. The summed E-state index contributed by atoms with van der Waals surface area (Å²) in [4.78, 5) is 0.246. The van der Waals surface area contributed by atoms with E-state index in [4.69, 9.17) is 5.11 Å². The number of hydrogen-bond acceptors (Lipinski definition) is 3. The van der Waals surface area contributed by atoms with Crippen molar-refractivity contribution in [3.8, 4) is 11.8 Å². The molecule has 2 atom stereocenters. The van der Waals surface area contributed by atoms with Crippen LogP contribution in [0.1, 0.15) is 18.9 Å². The first kappa shape index (κ1) is 13.1. The summed E-state index contributed by atoms with van der Waals surface area (Å²) in [5.41, 5.74) is 0.683. The zero-order valence-corrected chi connectivity index (χ0v) is 10.9. The molecule has 0 saturated heterocycles. The molecule has 2 rings (SSSR count). The SMILES string of the molecule is CC1CC1NS(=O)(=O)c1ccc(C#CCO)cc1. The summed E-state index contributed by atoms with van der Waals surface area (Å²) in [5, 5.41) is 8.56. The monoisotopic (exact) mass is 265 g/mol. The predicted octanol–water partition coefficient (Wildman–Crippen LogP) is 0.717. The fourth-order valence-corrected chi connectivity index (χ4v) is 2.97. The molecular weight excluding hydrogens is 250 g/mol. The van der Waals surface area contributed by atoms with Crippen LogP contribution in [0.2, 0.25) is 0 Å². The van der Waals surface area contributed by atoms with Crippen LogP contribution in [0, 0.1) is 17.8 Å². The van der Waals surface area contributed by atoms with Gasteiger partial charge in [-0.3, -0.25) is 0 Å². The Balaban J connectivity index is 2.13. The number of hydrogen-bond donors (Lipinski definition) is 2. The van der Waals surface area contributed by atoms with Crippen molar-refractivity contribution in [3.63, 3.8) is 0 Å². The van der Waals surface area contributed by atoms with Crippen LogP contribution in [-0.2, 0) is 10.0 Å². The topological polar surface area (TPSA) is 66.4 Å². The first-order valence-corrected chi connectivity index (χ1v) is 7.23. The highest BCUT2D eigenvalue weighted by Gasteiger charge is 2.36. The molecule has 0 amide bonds. The number of rotatable bonds is 3. The largest absolute Gasteiger partial charge is 0.384 e. The first-order chi connectivity index (χ1) is 8.53. The maximum Gasteiger partial charge on any atom is 0.240 e. The summed E-state index contributed by atoms with van der Waals surface area (Å²) in [6.45, 7) is 1.81. The molecule has 2 N–H and O–H groups in total. The van der Waals surface area contributed by atoms with Crippen LogP contribution in [0.5, 0.6) is 0 Å². The third-order valence-corrected chi connectivity index (χ3v) is 4.40. The Kier molecular flexibility index (Phi) is 3.71. The molecule has 0 spiro atoms. The number of aliphatic hydroxyl groups excluding tert-OH is 1. The van der Waals surface area contributed by atoms with Crippen molar-refractivity contribution in [2.24, 2.45) is 5.92 Å². The minimum Gasteiger partial charge on any atom is -0.384 e. The summed E-state index contributed by atoms with van der Waals surface area (Å²) in [6, 6.07) is 6.39. The first-order valence-electron chi connectivity index (χ1n) is 5.75. The zero-order chi connectivity index (χ0) is 13.2. The van der Waals surface area contributed by atoms with Gasteiger partial charge in [0, 0.05) is 11.6 Å². The molecule has 2 unspecified atom stereocenters. The highest BCUT2D eigenvalue weighted by molar-refractivity contribution is 7.89. The van der Waals surface area contributed by atoms with Gasteiger partial charge in [0.2, 0.25) is 10.0 Å². The Hall–Kier alpha value is -1.35. The van der Waals surface area contributed by atoms with Crippen molar-refractivity contribution >= 4 is 10.0 Å². The van der Waals surface area contributed by atoms with Crippen molar-refractivity contribution < 1.29 is 13.5 Å². The van der Waals surface area contributed by atoms with Crippen molar-refractivity contribution in [3.05, 3.63) is 29.8 Å². The molecule has 0 bridgehead atoms. The average molecular weight is 265 g/mol. The second kappa shape index (κ2) is 5.11. The summed E-state index contributed by atoms with van der Waals surface area (Å²) in [6.07, 6.45) is 0.902. The molecule has 5 heteroatoms. The standard InChI is InChI=1S/C13H15NO3S/c1-10-9-13(10)14-18(16,17)12-6-4-11(5-7-12)3-2-8-15/h4-7,10,13-15H,8-9H2,1H3. The van der Waals surface area contributed by atoms with Gasteiger partial charge in [-0.1, -0.05) is 18.8 Å². The molecule has 1 saturated carbocycles. The van der Waals surface area contributed by atoms with Gasteiger partial charge in [0.1, 0.15) is 6.61 Å². The molecule has 1 aromatic carbocycles. The van der Waals surface area contributed by atoms with Gasteiger partial charge in [-0.25, -0.2) is 13.1 Å². The lowest BCUT2D eigenvalue weighted by Gasteiger charge is -2.05. The summed E-state index contributed by atoms with van der Waals surface area (Å²) >= 11 is 0. The Morgan fingerprint density at radius 3 is 2.50 bits per heavy atom. The van der Waals surface area contributed by atoms with Crippen molar-refractivity contribution in [1.29, 1.82) is 0 Å². The van der Waals surface area contributed by atoms with Gasteiger partial charge in [-0.2, -0.15) is 0 Å². The van der Waals surface area contributed by atoms with E-state index < -0.39 is 10.0 Å². The highest BCUT2D eigenvalue weighted by Crippen LogP contribution is 2.30. The van der Waals surface area contributed by atoms with Crippen LogP contribution in [0.4, 0.5) is 0 Å². The van der Waals surface area contributed by atoms with Crippen LogP contribution < -0.4 is 4.72 Å². The number of sulfonamides is 1.